The standard InChI is InChI=1S/C20H36N8O6S/c1-35-9-6-12(26-16(30)11-4-2-7-24-11)17(31)28-14(10-15(21)29)18(32)27-13(19(33)34)5-3-8-25-20(22)23/h11-14,24H,2-10H2,1H3,(H2,21,29)(H,26,30)(H,27,32)(H,28,31)(H,33,34)(H4,22,23,25). The van der Waals surface area contributed by atoms with E-state index in [0.29, 0.717) is 25.1 Å². The van der Waals surface area contributed by atoms with Crippen LogP contribution in [0.4, 0.5) is 0 Å². The smallest absolute Gasteiger partial charge is 0.326 e. The van der Waals surface area contributed by atoms with Gasteiger partial charge in [0, 0.05) is 6.54 Å². The lowest BCUT2D eigenvalue weighted by Gasteiger charge is -2.24. The normalized spacial score (nSPS) is 17.5. The minimum absolute atomic E-state index is 0.00981. The van der Waals surface area contributed by atoms with Gasteiger partial charge < -0.3 is 43.6 Å². The average Bonchev–Trinajstić information content (AvgIpc) is 3.32. The number of nitrogens with two attached hydrogens (primary N) is 3. The first-order chi connectivity index (χ1) is 16.5. The molecule has 0 aliphatic carbocycles. The number of hydrogen-bond acceptors (Lipinski definition) is 8. The number of nitrogens with one attached hydrogen (secondary N) is 4. The van der Waals surface area contributed by atoms with Gasteiger partial charge in [-0.05, 0) is 50.7 Å². The molecule has 1 heterocycles. The van der Waals surface area contributed by atoms with Gasteiger partial charge in [0.1, 0.15) is 18.1 Å². The van der Waals surface area contributed by atoms with Crippen molar-refractivity contribution in [3.8, 4) is 0 Å². The highest BCUT2D eigenvalue weighted by Crippen LogP contribution is 2.08. The van der Waals surface area contributed by atoms with Gasteiger partial charge in [0.05, 0.1) is 12.5 Å². The number of rotatable bonds is 16. The molecule has 1 rings (SSSR count). The molecule has 1 fully saturated rings. The molecule has 0 saturated carbocycles. The van der Waals surface area contributed by atoms with Gasteiger partial charge in [0.25, 0.3) is 0 Å². The highest BCUT2D eigenvalue weighted by Gasteiger charge is 2.32. The maximum atomic E-state index is 12.9. The first-order valence-electron chi connectivity index (χ1n) is 11.2. The lowest BCUT2D eigenvalue weighted by Crippen LogP contribution is -2.57. The van der Waals surface area contributed by atoms with Crippen LogP contribution in [0.2, 0.25) is 0 Å². The third kappa shape index (κ3) is 11.8. The van der Waals surface area contributed by atoms with E-state index in [9.17, 15) is 29.1 Å². The Kier molecular flexibility index (Phi) is 13.5. The van der Waals surface area contributed by atoms with E-state index in [1.807, 2.05) is 6.26 Å². The summed E-state index contributed by atoms with van der Waals surface area (Å²) < 4.78 is 0. The number of amides is 4. The number of primary amides is 1. The van der Waals surface area contributed by atoms with Gasteiger partial charge in [-0.2, -0.15) is 11.8 Å². The fourth-order valence-electron chi connectivity index (χ4n) is 3.40. The van der Waals surface area contributed by atoms with Gasteiger partial charge in [0.2, 0.25) is 23.6 Å². The summed E-state index contributed by atoms with van der Waals surface area (Å²) in [4.78, 5) is 65.1. The van der Waals surface area contributed by atoms with Crippen LogP contribution in [-0.2, 0) is 24.0 Å². The summed E-state index contributed by atoms with van der Waals surface area (Å²) in [5.74, 6) is -3.65. The third-order valence-corrected chi connectivity index (χ3v) is 5.86. The Bertz CT molecular complexity index is 786. The van der Waals surface area contributed by atoms with Crippen LogP contribution < -0.4 is 38.5 Å². The number of carboxylic acid groups (broad SMARTS) is 1. The van der Waals surface area contributed by atoms with Crippen LogP contribution in [0.1, 0.15) is 38.5 Å². The molecule has 1 saturated heterocycles. The molecule has 0 aromatic heterocycles. The monoisotopic (exact) mass is 516 g/mol. The molecule has 4 atom stereocenters. The molecule has 0 aromatic rings. The Hall–Kier alpha value is -3.07. The predicted octanol–water partition coefficient (Wildman–Crippen LogP) is -3.04. The zero-order valence-corrected chi connectivity index (χ0v) is 20.6. The summed E-state index contributed by atoms with van der Waals surface area (Å²) in [5, 5.41) is 19.9. The number of thioether (sulfide) groups is 1. The fourth-order valence-corrected chi connectivity index (χ4v) is 3.87. The lowest BCUT2D eigenvalue weighted by molar-refractivity contribution is -0.142. The van der Waals surface area contributed by atoms with Crippen molar-refractivity contribution in [3.63, 3.8) is 0 Å². The number of nitrogens with zero attached hydrogens (tertiary/aromatic N) is 1. The van der Waals surface area contributed by atoms with Crippen LogP contribution in [0.5, 0.6) is 0 Å². The largest absolute Gasteiger partial charge is 0.480 e. The molecule has 4 amide bonds. The summed E-state index contributed by atoms with van der Waals surface area (Å²) >= 11 is 1.47. The number of guanidine groups is 1. The van der Waals surface area contributed by atoms with Gasteiger partial charge in [-0.25, -0.2) is 4.79 Å². The number of aliphatic carboxylic acids is 1. The maximum absolute atomic E-state index is 12.9. The van der Waals surface area contributed by atoms with E-state index in [-0.39, 0.29) is 31.3 Å². The molecule has 0 radical (unpaired) electrons. The summed E-state index contributed by atoms with van der Waals surface area (Å²) in [6.07, 6.45) is 3.35. The Morgan fingerprint density at radius 2 is 1.69 bits per heavy atom. The van der Waals surface area contributed by atoms with Crippen molar-refractivity contribution in [2.24, 2.45) is 22.2 Å². The molecular formula is C20H36N8O6S. The van der Waals surface area contributed by atoms with Gasteiger partial charge in [-0.15, -0.1) is 0 Å². The minimum Gasteiger partial charge on any atom is -0.480 e. The summed E-state index contributed by atoms with van der Waals surface area (Å²) in [5.41, 5.74) is 15.7. The second-order valence-electron chi connectivity index (χ2n) is 8.07. The Labute approximate surface area is 208 Å². The second kappa shape index (κ2) is 15.8. The summed E-state index contributed by atoms with van der Waals surface area (Å²) in [6.45, 7) is 0.868. The molecule has 15 heteroatoms. The molecule has 198 valence electrons. The van der Waals surface area contributed by atoms with Crippen molar-refractivity contribution in [1.82, 2.24) is 21.3 Å². The first-order valence-corrected chi connectivity index (χ1v) is 12.6. The third-order valence-electron chi connectivity index (χ3n) is 5.22. The van der Waals surface area contributed by atoms with Crippen LogP contribution in [0, 0.1) is 0 Å². The summed E-state index contributed by atoms with van der Waals surface area (Å²) in [7, 11) is 0. The van der Waals surface area contributed by atoms with Crippen molar-refractivity contribution in [2.75, 3.05) is 25.1 Å². The van der Waals surface area contributed by atoms with E-state index < -0.39 is 54.3 Å². The average molecular weight is 517 g/mol. The number of hydrogen-bond donors (Lipinski definition) is 8. The van der Waals surface area contributed by atoms with Crippen LogP contribution in [0.3, 0.4) is 0 Å². The number of carbonyl (C=O) groups is 5. The van der Waals surface area contributed by atoms with Crippen molar-refractivity contribution in [3.05, 3.63) is 0 Å². The molecule has 1 aliphatic rings. The molecule has 35 heavy (non-hydrogen) atoms. The van der Waals surface area contributed by atoms with Crippen molar-refractivity contribution in [1.29, 1.82) is 0 Å². The van der Waals surface area contributed by atoms with Crippen LogP contribution in [-0.4, -0.2) is 89.9 Å². The van der Waals surface area contributed by atoms with Crippen LogP contribution >= 0.6 is 11.8 Å². The van der Waals surface area contributed by atoms with Crippen molar-refractivity contribution >= 4 is 47.3 Å². The molecule has 1 aliphatic heterocycles. The maximum Gasteiger partial charge on any atom is 0.326 e. The van der Waals surface area contributed by atoms with E-state index in [0.717, 1.165) is 6.42 Å². The SMILES string of the molecule is CSCCC(NC(=O)C1CCCN1)C(=O)NC(CC(N)=O)C(=O)NC(CCCN=C(N)N)C(=O)O. The van der Waals surface area contributed by atoms with Gasteiger partial charge in [0.15, 0.2) is 5.96 Å². The van der Waals surface area contributed by atoms with Crippen LogP contribution in [0.15, 0.2) is 4.99 Å². The molecular weight excluding hydrogens is 480 g/mol. The van der Waals surface area contributed by atoms with Gasteiger partial charge in [-0.3, -0.25) is 24.2 Å². The first kappa shape index (κ1) is 30.0. The second-order valence-corrected chi connectivity index (χ2v) is 9.06. The topological polar surface area (TPSA) is 244 Å². The number of aliphatic imine (C=N–C) groups is 1. The quantitative estimate of drug-likeness (QED) is 0.0585. The zero-order chi connectivity index (χ0) is 26.4. The molecule has 0 spiro atoms. The number of carbonyl (C=O) groups excluding carboxylic acids is 4. The highest BCUT2D eigenvalue weighted by molar-refractivity contribution is 7.98. The van der Waals surface area contributed by atoms with Gasteiger partial charge >= 0.3 is 5.97 Å². The van der Waals surface area contributed by atoms with Crippen molar-refractivity contribution in [2.45, 2.75) is 62.7 Å². The summed E-state index contributed by atoms with van der Waals surface area (Å²) in [6, 6.07) is -4.07. The van der Waals surface area contributed by atoms with E-state index in [4.69, 9.17) is 17.2 Å². The predicted molar refractivity (Wildman–Crippen MR) is 131 cm³/mol. The Morgan fingerprint density at radius 1 is 1.03 bits per heavy atom. The van der Waals surface area contributed by atoms with E-state index in [1.165, 1.54) is 11.8 Å². The van der Waals surface area contributed by atoms with Crippen LogP contribution in [0.25, 0.3) is 0 Å². The molecule has 0 aromatic carbocycles. The Morgan fingerprint density at radius 3 is 2.23 bits per heavy atom. The van der Waals surface area contributed by atoms with E-state index in [2.05, 4.69) is 26.3 Å². The minimum atomic E-state index is -1.42. The Balaban J connectivity index is 2.86. The van der Waals surface area contributed by atoms with Crippen molar-refractivity contribution < 1.29 is 29.1 Å². The van der Waals surface area contributed by atoms with E-state index in [1.54, 1.807) is 0 Å². The highest BCUT2D eigenvalue weighted by atomic mass is 32.2. The van der Waals surface area contributed by atoms with E-state index >= 15 is 0 Å². The fraction of sp³-hybridized carbons (Fsp3) is 0.700. The number of carboxylic acids is 1. The lowest BCUT2D eigenvalue weighted by atomic mass is 10.1. The molecule has 0 bridgehead atoms. The van der Waals surface area contributed by atoms with Gasteiger partial charge in [-0.1, -0.05) is 0 Å². The zero-order valence-electron chi connectivity index (χ0n) is 19.7. The molecule has 14 nitrogen and oxygen atoms in total. The molecule has 4 unspecified atom stereocenters. The molecule has 11 N–H and O–H groups in total.